The summed E-state index contributed by atoms with van der Waals surface area (Å²) in [5, 5.41) is 7.12. The van der Waals surface area contributed by atoms with Gasteiger partial charge in [-0.05, 0) is 53.9 Å². The Kier molecular flexibility index (Phi) is 6.61. The van der Waals surface area contributed by atoms with Gasteiger partial charge in [0.25, 0.3) is 5.91 Å². The lowest BCUT2D eigenvalue weighted by Gasteiger charge is -2.18. The first-order chi connectivity index (χ1) is 16.2. The minimum absolute atomic E-state index is 0.139. The van der Waals surface area contributed by atoms with Gasteiger partial charge < -0.3 is 11.1 Å². The van der Waals surface area contributed by atoms with Gasteiger partial charge in [-0.2, -0.15) is 5.10 Å². The predicted molar refractivity (Wildman–Crippen MR) is 128 cm³/mol. The highest BCUT2D eigenvalue weighted by molar-refractivity contribution is 6.30. The van der Waals surface area contributed by atoms with E-state index in [0.717, 1.165) is 11.1 Å². The van der Waals surface area contributed by atoms with Crippen LogP contribution in [0.25, 0.3) is 22.3 Å². The zero-order valence-electron chi connectivity index (χ0n) is 18.5. The third-order valence-corrected chi connectivity index (χ3v) is 5.70. The van der Waals surface area contributed by atoms with Gasteiger partial charge in [-0.3, -0.25) is 9.48 Å². The second-order valence-corrected chi connectivity index (χ2v) is 8.33. The van der Waals surface area contributed by atoms with E-state index in [9.17, 15) is 9.18 Å². The zero-order valence-corrected chi connectivity index (χ0v) is 19.3. The molecule has 1 atom stereocenters. The minimum Gasteiger partial charge on any atom is -0.383 e. The van der Waals surface area contributed by atoms with Gasteiger partial charge in [-0.25, -0.2) is 13.8 Å². The van der Waals surface area contributed by atoms with Gasteiger partial charge in [0.2, 0.25) is 0 Å². The maximum atomic E-state index is 15.0. The minimum atomic E-state index is -0.715. The molecule has 34 heavy (non-hydrogen) atoms. The van der Waals surface area contributed by atoms with Crippen molar-refractivity contribution in [2.75, 3.05) is 5.73 Å². The van der Waals surface area contributed by atoms with Crippen molar-refractivity contribution >= 4 is 23.3 Å². The van der Waals surface area contributed by atoms with Crippen LogP contribution in [-0.2, 0) is 7.05 Å². The van der Waals surface area contributed by atoms with Crippen LogP contribution in [0.15, 0.2) is 61.1 Å². The molecule has 1 amide bonds. The number of nitrogens with zero attached hydrogens (tertiary/aromatic N) is 3. The molecule has 2 aromatic carbocycles. The van der Waals surface area contributed by atoms with Crippen molar-refractivity contribution in [2.45, 2.75) is 19.4 Å². The maximum Gasteiger partial charge on any atom is 0.254 e. The number of halogens is 3. The smallest absolute Gasteiger partial charge is 0.254 e. The van der Waals surface area contributed by atoms with Crippen molar-refractivity contribution in [2.24, 2.45) is 7.05 Å². The molecular formula is C25H22ClF2N5O. The molecule has 0 saturated heterocycles. The van der Waals surface area contributed by atoms with Crippen molar-refractivity contribution in [3.05, 3.63) is 88.8 Å². The normalized spacial score (nSPS) is 11.9. The highest BCUT2D eigenvalue weighted by Gasteiger charge is 2.19. The molecule has 0 bridgehead atoms. The number of nitrogen functional groups attached to an aromatic ring is 1. The molecule has 0 aliphatic carbocycles. The topological polar surface area (TPSA) is 85.8 Å². The SMILES string of the molecule is CC[C@@H](NC(=O)c1ccc(-c2cc(-c3cnn(C)c3)cnc2N)cc1F)c1cc(F)cc(Cl)c1. The Morgan fingerprint density at radius 2 is 1.91 bits per heavy atom. The van der Waals surface area contributed by atoms with E-state index in [4.69, 9.17) is 17.3 Å². The third kappa shape index (κ3) is 4.92. The predicted octanol–water partition coefficient (Wildman–Crippen LogP) is 5.54. The van der Waals surface area contributed by atoms with E-state index in [1.165, 1.54) is 24.3 Å². The van der Waals surface area contributed by atoms with Crippen LogP contribution < -0.4 is 11.1 Å². The van der Waals surface area contributed by atoms with Gasteiger partial charge in [0.05, 0.1) is 17.8 Å². The number of carbonyl (C=O) groups excluding carboxylic acids is 1. The van der Waals surface area contributed by atoms with Gasteiger partial charge >= 0.3 is 0 Å². The summed E-state index contributed by atoms with van der Waals surface area (Å²) in [6.45, 7) is 1.83. The Morgan fingerprint density at radius 3 is 2.56 bits per heavy atom. The van der Waals surface area contributed by atoms with Crippen LogP contribution in [0, 0.1) is 11.6 Å². The molecule has 174 valence electrons. The molecule has 2 aromatic heterocycles. The number of amides is 1. The summed E-state index contributed by atoms with van der Waals surface area (Å²) in [5.41, 5.74) is 9.05. The second-order valence-electron chi connectivity index (χ2n) is 7.89. The van der Waals surface area contributed by atoms with E-state index in [0.29, 0.717) is 23.1 Å². The lowest BCUT2D eigenvalue weighted by molar-refractivity contribution is 0.0931. The van der Waals surface area contributed by atoms with Crippen molar-refractivity contribution in [1.82, 2.24) is 20.1 Å². The van der Waals surface area contributed by atoms with Gasteiger partial charge in [-0.15, -0.1) is 0 Å². The quantitative estimate of drug-likeness (QED) is 0.378. The largest absolute Gasteiger partial charge is 0.383 e. The molecule has 9 heteroatoms. The van der Waals surface area contributed by atoms with Crippen LogP contribution in [0.4, 0.5) is 14.6 Å². The fraction of sp³-hybridized carbons (Fsp3) is 0.160. The van der Waals surface area contributed by atoms with Gasteiger partial charge in [-0.1, -0.05) is 24.6 Å². The number of pyridine rings is 1. The number of benzene rings is 2. The summed E-state index contributed by atoms with van der Waals surface area (Å²) >= 11 is 5.94. The highest BCUT2D eigenvalue weighted by atomic mass is 35.5. The van der Waals surface area contributed by atoms with E-state index >= 15 is 4.39 Å². The molecule has 0 fully saturated rings. The van der Waals surface area contributed by atoms with Gasteiger partial charge in [0.15, 0.2) is 0 Å². The van der Waals surface area contributed by atoms with E-state index in [1.54, 1.807) is 42.3 Å². The summed E-state index contributed by atoms with van der Waals surface area (Å²) < 4.78 is 30.4. The van der Waals surface area contributed by atoms with Gasteiger partial charge in [0, 0.05) is 41.2 Å². The number of anilines is 1. The molecule has 4 aromatic rings. The number of nitrogens with two attached hydrogens (primary N) is 1. The highest BCUT2D eigenvalue weighted by Crippen LogP contribution is 2.31. The summed E-state index contributed by atoms with van der Waals surface area (Å²) in [6.07, 6.45) is 5.62. The second kappa shape index (κ2) is 9.61. The first kappa shape index (κ1) is 23.4. The maximum absolute atomic E-state index is 15.0. The number of rotatable bonds is 6. The monoisotopic (exact) mass is 481 g/mol. The number of hydrogen-bond acceptors (Lipinski definition) is 4. The van der Waals surface area contributed by atoms with Crippen LogP contribution in [0.3, 0.4) is 0 Å². The van der Waals surface area contributed by atoms with Crippen molar-refractivity contribution in [3.63, 3.8) is 0 Å². The summed E-state index contributed by atoms with van der Waals surface area (Å²) in [4.78, 5) is 17.0. The van der Waals surface area contributed by atoms with Crippen LogP contribution >= 0.6 is 11.6 Å². The number of aryl methyl sites for hydroxylation is 1. The Hall–Kier alpha value is -3.78. The number of nitrogens with one attached hydrogen (secondary N) is 1. The summed E-state index contributed by atoms with van der Waals surface area (Å²) in [6, 6.07) is 9.57. The van der Waals surface area contributed by atoms with Crippen LogP contribution in [0.5, 0.6) is 0 Å². The molecule has 0 aliphatic rings. The van der Waals surface area contributed by atoms with E-state index < -0.39 is 23.6 Å². The van der Waals surface area contributed by atoms with Crippen molar-refractivity contribution in [1.29, 1.82) is 0 Å². The standard InChI is InChI=1S/C25H22ClF2N5O/c1-3-23(15-6-18(26)10-19(27)7-15)32-25(34)20-5-4-14(9-22(20)28)21-8-16(11-30-24(21)29)17-12-31-33(2)13-17/h4-13,23H,3H2,1-2H3,(H2,29,30)(H,32,34)/t23-/m1/s1. The molecular weight excluding hydrogens is 460 g/mol. The fourth-order valence-corrected chi connectivity index (χ4v) is 3.97. The molecule has 0 saturated carbocycles. The first-order valence-electron chi connectivity index (χ1n) is 10.6. The number of carbonyl (C=O) groups is 1. The molecule has 2 heterocycles. The first-order valence-corrected chi connectivity index (χ1v) is 10.9. The number of hydrogen-bond donors (Lipinski definition) is 2. The van der Waals surface area contributed by atoms with E-state index in [-0.39, 0.29) is 16.4 Å². The summed E-state index contributed by atoms with van der Waals surface area (Å²) in [7, 11) is 1.81. The number of aromatic nitrogens is 3. The van der Waals surface area contributed by atoms with E-state index in [2.05, 4.69) is 15.4 Å². The van der Waals surface area contributed by atoms with E-state index in [1.807, 2.05) is 13.1 Å². The van der Waals surface area contributed by atoms with Crippen molar-refractivity contribution in [3.8, 4) is 22.3 Å². The summed E-state index contributed by atoms with van der Waals surface area (Å²) in [5.74, 6) is -1.61. The Labute approximate surface area is 200 Å². The third-order valence-electron chi connectivity index (χ3n) is 5.48. The molecule has 3 N–H and O–H groups in total. The van der Waals surface area contributed by atoms with Crippen molar-refractivity contribution < 1.29 is 13.6 Å². The Morgan fingerprint density at radius 1 is 1.12 bits per heavy atom. The molecule has 6 nitrogen and oxygen atoms in total. The molecule has 0 spiro atoms. The zero-order chi connectivity index (χ0) is 24.4. The molecule has 4 rings (SSSR count). The van der Waals surface area contributed by atoms with Crippen LogP contribution in [0.1, 0.15) is 35.3 Å². The Bertz CT molecular complexity index is 1350. The van der Waals surface area contributed by atoms with Crippen LogP contribution in [0.2, 0.25) is 5.02 Å². The van der Waals surface area contributed by atoms with Crippen LogP contribution in [-0.4, -0.2) is 20.7 Å². The molecule has 0 aliphatic heterocycles. The molecule has 0 unspecified atom stereocenters. The molecule has 0 radical (unpaired) electrons. The average molecular weight is 482 g/mol. The lowest BCUT2D eigenvalue weighted by atomic mass is 10.00. The van der Waals surface area contributed by atoms with Gasteiger partial charge in [0.1, 0.15) is 17.5 Å². The fourth-order valence-electron chi connectivity index (χ4n) is 3.73. The average Bonchev–Trinajstić information content (AvgIpc) is 3.23. The lowest BCUT2D eigenvalue weighted by Crippen LogP contribution is -2.29. The Balaban J connectivity index is 1.60.